The third-order valence-corrected chi connectivity index (χ3v) is 6.48. The standard InChI is InChI=1S/C12H13ClN2O2S2/c1-18-12(4-5-12)8-15-19(16,17)11-6-9(7-14)2-3-10(11)13/h2-3,6,15H,4-5,8H2,1H3. The molecule has 1 aromatic rings. The number of hydrogen-bond acceptors (Lipinski definition) is 4. The van der Waals surface area contributed by atoms with Crippen molar-refractivity contribution in [3.05, 3.63) is 28.8 Å². The van der Waals surface area contributed by atoms with Gasteiger partial charge in [0.2, 0.25) is 10.0 Å². The second kappa shape index (κ2) is 5.33. The van der Waals surface area contributed by atoms with Crippen LogP contribution in [0.15, 0.2) is 23.1 Å². The molecule has 1 aliphatic carbocycles. The Morgan fingerprint density at radius 1 is 1.53 bits per heavy atom. The number of rotatable bonds is 5. The lowest BCUT2D eigenvalue weighted by atomic mass is 10.2. The number of nitrogens with zero attached hydrogens (tertiary/aromatic N) is 1. The van der Waals surface area contributed by atoms with Crippen LogP contribution in [-0.2, 0) is 10.0 Å². The van der Waals surface area contributed by atoms with Gasteiger partial charge >= 0.3 is 0 Å². The zero-order valence-electron chi connectivity index (χ0n) is 10.3. The first-order valence-electron chi connectivity index (χ1n) is 5.67. The molecule has 4 nitrogen and oxygen atoms in total. The van der Waals surface area contributed by atoms with Gasteiger partial charge in [0.15, 0.2) is 0 Å². The van der Waals surface area contributed by atoms with Crippen LogP contribution in [0.1, 0.15) is 18.4 Å². The van der Waals surface area contributed by atoms with Crippen LogP contribution < -0.4 is 4.72 Å². The maximum Gasteiger partial charge on any atom is 0.242 e. The fraction of sp³-hybridized carbons (Fsp3) is 0.417. The molecule has 2 rings (SSSR count). The van der Waals surface area contributed by atoms with Crippen molar-refractivity contribution in [2.24, 2.45) is 0 Å². The summed E-state index contributed by atoms with van der Waals surface area (Å²) in [5.41, 5.74) is 0.274. The second-order valence-electron chi connectivity index (χ2n) is 4.47. The van der Waals surface area contributed by atoms with Crippen LogP contribution >= 0.6 is 23.4 Å². The average molecular weight is 317 g/mol. The van der Waals surface area contributed by atoms with E-state index in [1.54, 1.807) is 11.8 Å². The fourth-order valence-electron chi connectivity index (χ4n) is 1.68. The van der Waals surface area contributed by atoms with Crippen LogP contribution in [0, 0.1) is 11.3 Å². The molecule has 0 aliphatic heterocycles. The van der Waals surface area contributed by atoms with Gasteiger partial charge in [-0.25, -0.2) is 13.1 Å². The monoisotopic (exact) mass is 316 g/mol. The third-order valence-electron chi connectivity index (χ3n) is 3.17. The molecule has 1 fully saturated rings. The number of nitriles is 1. The van der Waals surface area contributed by atoms with Crippen molar-refractivity contribution in [1.82, 2.24) is 4.72 Å². The Kier molecular flexibility index (Phi) is 4.11. The summed E-state index contributed by atoms with van der Waals surface area (Å²) in [6.07, 6.45) is 4.01. The fourth-order valence-corrected chi connectivity index (χ4v) is 4.14. The van der Waals surface area contributed by atoms with Crippen molar-refractivity contribution in [3.63, 3.8) is 0 Å². The predicted octanol–water partition coefficient (Wildman–Crippen LogP) is 2.39. The van der Waals surface area contributed by atoms with Crippen LogP contribution in [0.25, 0.3) is 0 Å². The Morgan fingerprint density at radius 2 is 2.21 bits per heavy atom. The van der Waals surface area contributed by atoms with Crippen molar-refractivity contribution >= 4 is 33.4 Å². The Bertz CT molecular complexity index is 634. The highest BCUT2D eigenvalue weighted by atomic mass is 35.5. The lowest BCUT2D eigenvalue weighted by molar-refractivity contribution is 0.580. The predicted molar refractivity (Wildman–Crippen MR) is 76.8 cm³/mol. The zero-order chi connectivity index (χ0) is 14.1. The van der Waals surface area contributed by atoms with Gasteiger partial charge in [-0.05, 0) is 37.3 Å². The van der Waals surface area contributed by atoms with E-state index in [-0.39, 0.29) is 20.2 Å². The van der Waals surface area contributed by atoms with Crippen LogP contribution in [-0.4, -0.2) is 26.0 Å². The van der Waals surface area contributed by atoms with Gasteiger partial charge < -0.3 is 0 Å². The molecular weight excluding hydrogens is 304 g/mol. The minimum atomic E-state index is -3.67. The van der Waals surface area contributed by atoms with Crippen molar-refractivity contribution in [2.45, 2.75) is 22.5 Å². The highest BCUT2D eigenvalue weighted by molar-refractivity contribution is 8.00. The van der Waals surface area contributed by atoms with Crippen molar-refractivity contribution in [1.29, 1.82) is 5.26 Å². The molecule has 1 aromatic carbocycles. The van der Waals surface area contributed by atoms with Crippen molar-refractivity contribution in [2.75, 3.05) is 12.8 Å². The van der Waals surface area contributed by atoms with Crippen LogP contribution in [0.5, 0.6) is 0 Å². The molecule has 7 heteroatoms. The minimum Gasteiger partial charge on any atom is -0.210 e. The number of sulfonamides is 1. The summed E-state index contributed by atoms with van der Waals surface area (Å²) >= 11 is 7.58. The van der Waals surface area contributed by atoms with E-state index in [2.05, 4.69) is 4.72 Å². The second-order valence-corrected chi connectivity index (χ2v) is 7.89. The number of hydrogen-bond donors (Lipinski definition) is 1. The Hall–Kier alpha value is -0.740. The van der Waals surface area contributed by atoms with E-state index in [1.807, 2.05) is 12.3 Å². The molecule has 1 aliphatic rings. The van der Waals surface area contributed by atoms with Crippen LogP contribution in [0.4, 0.5) is 0 Å². The van der Waals surface area contributed by atoms with Gasteiger partial charge in [0.25, 0.3) is 0 Å². The van der Waals surface area contributed by atoms with E-state index in [1.165, 1.54) is 18.2 Å². The zero-order valence-corrected chi connectivity index (χ0v) is 12.7. The van der Waals surface area contributed by atoms with Crippen LogP contribution in [0.2, 0.25) is 5.02 Å². The summed E-state index contributed by atoms with van der Waals surface area (Å²) in [6, 6.07) is 6.12. The molecule has 0 unspecified atom stereocenters. The molecular formula is C12H13ClN2O2S2. The van der Waals surface area contributed by atoms with Gasteiger partial charge in [-0.1, -0.05) is 11.6 Å². The summed E-state index contributed by atoms with van der Waals surface area (Å²) in [4.78, 5) is -0.0369. The molecule has 102 valence electrons. The number of benzene rings is 1. The highest BCUT2D eigenvalue weighted by Gasteiger charge is 2.42. The lowest BCUT2D eigenvalue weighted by Gasteiger charge is -2.14. The van der Waals surface area contributed by atoms with Crippen molar-refractivity contribution in [3.8, 4) is 6.07 Å². The summed E-state index contributed by atoms with van der Waals surface area (Å²) in [6.45, 7) is 0.392. The molecule has 0 bridgehead atoms. The quantitative estimate of drug-likeness (QED) is 0.905. The molecule has 0 saturated heterocycles. The molecule has 0 aromatic heterocycles. The summed E-state index contributed by atoms with van der Waals surface area (Å²) < 4.78 is 27.0. The smallest absolute Gasteiger partial charge is 0.210 e. The van der Waals surface area contributed by atoms with E-state index < -0.39 is 10.0 Å². The Balaban J connectivity index is 2.22. The van der Waals surface area contributed by atoms with Gasteiger partial charge in [0, 0.05) is 11.3 Å². The first-order chi connectivity index (χ1) is 8.92. The van der Waals surface area contributed by atoms with E-state index in [9.17, 15) is 8.42 Å². The molecule has 1 N–H and O–H groups in total. The first-order valence-corrected chi connectivity index (χ1v) is 8.75. The third kappa shape index (κ3) is 3.23. The number of thioether (sulfide) groups is 1. The number of halogens is 1. The maximum atomic E-state index is 12.2. The summed E-state index contributed by atoms with van der Waals surface area (Å²) in [7, 11) is -3.67. The molecule has 0 amide bonds. The van der Waals surface area contributed by atoms with Gasteiger partial charge in [0.1, 0.15) is 4.90 Å². The largest absolute Gasteiger partial charge is 0.242 e. The normalized spacial score (nSPS) is 16.9. The Morgan fingerprint density at radius 3 is 2.74 bits per heavy atom. The Labute approximate surface area is 122 Å². The van der Waals surface area contributed by atoms with Gasteiger partial charge in [-0.3, -0.25) is 0 Å². The molecule has 0 radical (unpaired) electrons. The van der Waals surface area contributed by atoms with Gasteiger partial charge in [0.05, 0.1) is 16.7 Å². The van der Waals surface area contributed by atoms with Gasteiger partial charge in [-0.15, -0.1) is 0 Å². The molecule has 0 spiro atoms. The SMILES string of the molecule is CSC1(CNS(=O)(=O)c2cc(C#N)ccc2Cl)CC1. The van der Waals surface area contributed by atoms with E-state index >= 15 is 0 Å². The van der Waals surface area contributed by atoms with Crippen LogP contribution in [0.3, 0.4) is 0 Å². The van der Waals surface area contributed by atoms with Crippen molar-refractivity contribution < 1.29 is 8.42 Å². The van der Waals surface area contributed by atoms with E-state index in [0.717, 1.165) is 12.8 Å². The molecule has 0 heterocycles. The summed E-state index contributed by atoms with van der Waals surface area (Å²) in [5.74, 6) is 0. The minimum absolute atomic E-state index is 0.0341. The highest BCUT2D eigenvalue weighted by Crippen LogP contribution is 2.46. The van der Waals surface area contributed by atoms with E-state index in [0.29, 0.717) is 6.54 Å². The number of nitrogens with one attached hydrogen (secondary N) is 1. The van der Waals surface area contributed by atoms with E-state index in [4.69, 9.17) is 16.9 Å². The first kappa shape index (κ1) is 14.7. The summed E-state index contributed by atoms with van der Waals surface area (Å²) in [5, 5.41) is 8.94. The molecule has 0 atom stereocenters. The molecule has 1 saturated carbocycles. The topological polar surface area (TPSA) is 70.0 Å². The molecule has 19 heavy (non-hydrogen) atoms. The average Bonchev–Trinajstić information content (AvgIpc) is 3.18. The van der Waals surface area contributed by atoms with Gasteiger partial charge in [-0.2, -0.15) is 17.0 Å². The maximum absolute atomic E-state index is 12.2. The lowest BCUT2D eigenvalue weighted by Crippen LogP contribution is -2.32.